The first-order valence-corrected chi connectivity index (χ1v) is 13.6. The standard InChI is InChI=1S/C24H38ClN3O6S/c1-23(2,3)33-21(29)27-15-7-9-20(27)10-8-16-28(22(30)34-24(4,5)6)35(31,32)26-17-18-11-13-19(25)14-12-18/h11-14,20,26H,7-10,15-17H2,1-6H3/t20-/m1/s1. The first-order chi connectivity index (χ1) is 16.1. The van der Waals surface area contributed by atoms with Crippen molar-refractivity contribution in [2.45, 2.75) is 91.0 Å². The molecule has 1 aliphatic heterocycles. The fourth-order valence-corrected chi connectivity index (χ4v) is 4.88. The highest BCUT2D eigenvalue weighted by Crippen LogP contribution is 2.24. The number of likely N-dealkylation sites (tertiary alicyclic amines) is 1. The molecular formula is C24H38ClN3O6S. The predicted octanol–water partition coefficient (Wildman–Crippen LogP) is 5.09. The second-order valence-electron chi connectivity index (χ2n) is 10.6. The van der Waals surface area contributed by atoms with Gasteiger partial charge in [-0.3, -0.25) is 0 Å². The average Bonchev–Trinajstić information content (AvgIpc) is 3.17. The van der Waals surface area contributed by atoms with Crippen LogP contribution in [0.1, 0.15) is 72.8 Å². The number of benzene rings is 1. The van der Waals surface area contributed by atoms with Crippen LogP contribution >= 0.6 is 11.6 Å². The summed E-state index contributed by atoms with van der Waals surface area (Å²) in [6.07, 6.45) is 1.22. The summed E-state index contributed by atoms with van der Waals surface area (Å²) in [7, 11) is -4.18. The molecule has 0 bridgehead atoms. The summed E-state index contributed by atoms with van der Waals surface area (Å²) in [4.78, 5) is 27.0. The van der Waals surface area contributed by atoms with Gasteiger partial charge in [-0.05, 0) is 84.9 Å². The lowest BCUT2D eigenvalue weighted by Gasteiger charge is -2.30. The average molecular weight is 532 g/mol. The van der Waals surface area contributed by atoms with Gasteiger partial charge in [-0.25, -0.2) is 9.59 Å². The van der Waals surface area contributed by atoms with Crippen molar-refractivity contribution in [1.82, 2.24) is 13.9 Å². The molecule has 11 heteroatoms. The van der Waals surface area contributed by atoms with Gasteiger partial charge in [0, 0.05) is 30.7 Å². The highest BCUT2D eigenvalue weighted by Gasteiger charge is 2.34. The maximum absolute atomic E-state index is 13.1. The largest absolute Gasteiger partial charge is 0.444 e. The molecule has 1 saturated heterocycles. The van der Waals surface area contributed by atoms with Gasteiger partial charge >= 0.3 is 22.4 Å². The molecular weight excluding hydrogens is 494 g/mol. The van der Waals surface area contributed by atoms with Crippen molar-refractivity contribution < 1.29 is 27.5 Å². The van der Waals surface area contributed by atoms with Crippen molar-refractivity contribution in [2.75, 3.05) is 13.1 Å². The van der Waals surface area contributed by atoms with E-state index < -0.39 is 27.5 Å². The number of halogens is 1. The highest BCUT2D eigenvalue weighted by atomic mass is 35.5. The van der Waals surface area contributed by atoms with Gasteiger partial charge in [0.25, 0.3) is 0 Å². The van der Waals surface area contributed by atoms with Crippen molar-refractivity contribution in [3.63, 3.8) is 0 Å². The Labute approximate surface area is 214 Å². The summed E-state index contributed by atoms with van der Waals surface area (Å²) in [5.74, 6) is 0. The Morgan fingerprint density at radius 1 is 1.09 bits per heavy atom. The lowest BCUT2D eigenvalue weighted by Crippen LogP contribution is -2.47. The van der Waals surface area contributed by atoms with E-state index >= 15 is 0 Å². The molecule has 9 nitrogen and oxygen atoms in total. The lowest BCUT2D eigenvalue weighted by atomic mass is 10.1. The molecule has 1 heterocycles. The Bertz CT molecular complexity index is 970. The molecule has 0 radical (unpaired) electrons. The maximum Gasteiger partial charge on any atom is 0.425 e. The minimum atomic E-state index is -4.18. The van der Waals surface area contributed by atoms with Crippen LogP contribution in [0.25, 0.3) is 0 Å². The third-order valence-corrected chi connectivity index (χ3v) is 6.84. The van der Waals surface area contributed by atoms with Crippen LogP contribution < -0.4 is 4.72 Å². The smallest absolute Gasteiger partial charge is 0.425 e. The zero-order valence-corrected chi connectivity index (χ0v) is 23.0. The van der Waals surface area contributed by atoms with E-state index in [1.807, 2.05) is 20.8 Å². The molecule has 1 atom stereocenters. The van der Waals surface area contributed by atoms with Crippen LogP contribution in [-0.4, -0.2) is 60.1 Å². The normalized spacial score (nSPS) is 16.8. The zero-order valence-electron chi connectivity index (χ0n) is 21.5. The molecule has 2 amide bonds. The number of hydrogen-bond donors (Lipinski definition) is 1. The Morgan fingerprint density at radius 2 is 1.69 bits per heavy atom. The fraction of sp³-hybridized carbons (Fsp3) is 0.667. The van der Waals surface area contributed by atoms with E-state index in [-0.39, 0.29) is 25.2 Å². The summed E-state index contributed by atoms with van der Waals surface area (Å²) in [5.41, 5.74) is -0.761. The highest BCUT2D eigenvalue weighted by molar-refractivity contribution is 7.87. The molecule has 2 rings (SSSR count). The monoisotopic (exact) mass is 531 g/mol. The van der Waals surface area contributed by atoms with E-state index in [2.05, 4.69) is 4.72 Å². The topological polar surface area (TPSA) is 105 Å². The van der Waals surface area contributed by atoms with E-state index in [4.69, 9.17) is 21.1 Å². The number of amides is 2. The Kier molecular flexibility index (Phi) is 9.84. The number of rotatable bonds is 8. The van der Waals surface area contributed by atoms with Gasteiger partial charge in [-0.15, -0.1) is 0 Å². The number of nitrogens with one attached hydrogen (secondary N) is 1. The van der Waals surface area contributed by atoms with Gasteiger partial charge in [0.1, 0.15) is 11.2 Å². The molecule has 198 valence electrons. The first kappa shape index (κ1) is 29.2. The van der Waals surface area contributed by atoms with Gasteiger partial charge in [0.2, 0.25) is 0 Å². The van der Waals surface area contributed by atoms with Crippen molar-refractivity contribution in [3.8, 4) is 0 Å². The summed E-state index contributed by atoms with van der Waals surface area (Å²) in [5, 5.41) is 0.541. The zero-order chi connectivity index (χ0) is 26.4. The quantitative estimate of drug-likeness (QED) is 0.501. The van der Waals surface area contributed by atoms with Crippen LogP contribution in [-0.2, 0) is 26.2 Å². The van der Waals surface area contributed by atoms with Crippen LogP contribution in [0.15, 0.2) is 24.3 Å². The van der Waals surface area contributed by atoms with Crippen LogP contribution in [0.5, 0.6) is 0 Å². The molecule has 1 aromatic carbocycles. The molecule has 0 aliphatic carbocycles. The Morgan fingerprint density at radius 3 is 2.26 bits per heavy atom. The number of ether oxygens (including phenoxy) is 2. The molecule has 0 unspecified atom stereocenters. The summed E-state index contributed by atoms with van der Waals surface area (Å²) < 4.78 is 40.2. The molecule has 35 heavy (non-hydrogen) atoms. The first-order valence-electron chi connectivity index (χ1n) is 11.8. The van der Waals surface area contributed by atoms with Gasteiger partial charge in [0.05, 0.1) is 0 Å². The number of nitrogens with zero attached hydrogens (tertiary/aromatic N) is 2. The predicted molar refractivity (Wildman–Crippen MR) is 135 cm³/mol. The van der Waals surface area contributed by atoms with Crippen LogP contribution in [0.3, 0.4) is 0 Å². The van der Waals surface area contributed by atoms with Crippen molar-refractivity contribution >= 4 is 34.0 Å². The second kappa shape index (κ2) is 11.8. The molecule has 0 saturated carbocycles. The second-order valence-corrected chi connectivity index (χ2v) is 12.7. The summed E-state index contributed by atoms with van der Waals surface area (Å²) in [6.45, 7) is 11.0. The SMILES string of the molecule is CC(C)(C)OC(=O)N1CCC[C@@H]1CCCN(C(=O)OC(C)(C)C)S(=O)(=O)NCc1ccc(Cl)cc1. The minimum Gasteiger partial charge on any atom is -0.444 e. The van der Waals surface area contributed by atoms with E-state index in [1.165, 1.54) is 0 Å². The van der Waals surface area contributed by atoms with E-state index in [9.17, 15) is 18.0 Å². The number of hydrogen-bond acceptors (Lipinski definition) is 6. The van der Waals surface area contributed by atoms with Crippen molar-refractivity contribution in [3.05, 3.63) is 34.9 Å². The fourth-order valence-electron chi connectivity index (χ4n) is 3.64. The van der Waals surface area contributed by atoms with Gasteiger partial charge in [0.15, 0.2) is 0 Å². The molecule has 1 N–H and O–H groups in total. The Hall–Kier alpha value is -2.04. The van der Waals surface area contributed by atoms with Crippen molar-refractivity contribution in [2.24, 2.45) is 0 Å². The molecule has 1 fully saturated rings. The molecule has 1 aliphatic rings. The van der Waals surface area contributed by atoms with Gasteiger partial charge in [-0.2, -0.15) is 17.4 Å². The van der Waals surface area contributed by atoms with Gasteiger partial charge in [-0.1, -0.05) is 23.7 Å². The third-order valence-electron chi connectivity index (χ3n) is 5.16. The number of carbonyl (C=O) groups excluding carboxylic acids is 2. The molecule has 0 aromatic heterocycles. The van der Waals surface area contributed by atoms with E-state index in [0.29, 0.717) is 30.0 Å². The Balaban J connectivity index is 2.06. The summed E-state index contributed by atoms with van der Waals surface area (Å²) in [6, 6.07) is 6.65. The van der Waals surface area contributed by atoms with Crippen molar-refractivity contribution in [1.29, 1.82) is 0 Å². The minimum absolute atomic E-state index is 0.00610. The van der Waals surface area contributed by atoms with E-state index in [0.717, 1.165) is 17.1 Å². The maximum atomic E-state index is 13.1. The lowest BCUT2D eigenvalue weighted by molar-refractivity contribution is 0.0211. The molecule has 1 aromatic rings. The van der Waals surface area contributed by atoms with Crippen LogP contribution in [0.4, 0.5) is 9.59 Å². The number of carbonyl (C=O) groups is 2. The molecule has 0 spiro atoms. The summed E-state index contributed by atoms with van der Waals surface area (Å²) >= 11 is 5.89. The van der Waals surface area contributed by atoms with Gasteiger partial charge < -0.3 is 14.4 Å². The third kappa shape index (κ3) is 9.85. The van der Waals surface area contributed by atoms with Crippen LogP contribution in [0.2, 0.25) is 5.02 Å². The van der Waals surface area contributed by atoms with E-state index in [1.54, 1.807) is 49.9 Å². The van der Waals surface area contributed by atoms with Crippen LogP contribution in [0, 0.1) is 0 Å².